The smallest absolute Gasteiger partial charge is 0.116 e. The maximum Gasteiger partial charge on any atom is 0.116 e. The normalized spacial score (nSPS) is 13.9. The molecule has 21 heavy (non-hydrogen) atoms. The average Bonchev–Trinajstić information content (AvgIpc) is 2.94. The molecule has 0 aliphatic rings. The summed E-state index contributed by atoms with van der Waals surface area (Å²) in [6.07, 6.45) is 0. The van der Waals surface area contributed by atoms with E-state index in [0.29, 0.717) is 6.04 Å². The third-order valence-electron chi connectivity index (χ3n) is 3.25. The molecule has 0 radical (unpaired) electrons. The first kappa shape index (κ1) is 16.6. The summed E-state index contributed by atoms with van der Waals surface area (Å²) in [5.41, 5.74) is 2.31. The van der Waals surface area contributed by atoms with E-state index in [-0.39, 0.29) is 11.5 Å². The maximum atomic E-state index is 4.87. The first-order chi connectivity index (χ1) is 9.68. The molecule has 0 aliphatic heterocycles. The van der Waals surface area contributed by atoms with Crippen LogP contribution in [0, 0.1) is 13.8 Å². The van der Waals surface area contributed by atoms with Gasteiger partial charge in [0.15, 0.2) is 0 Å². The van der Waals surface area contributed by atoms with E-state index >= 15 is 0 Å². The molecule has 2 aromatic rings. The number of hydrogen-bond acceptors (Lipinski definition) is 5. The Morgan fingerprint density at radius 2 is 1.81 bits per heavy atom. The topological polar surface area (TPSA) is 37.8 Å². The summed E-state index contributed by atoms with van der Waals surface area (Å²) in [5, 5.41) is 8.08. The van der Waals surface area contributed by atoms with E-state index in [1.807, 2.05) is 0 Å². The van der Waals surface area contributed by atoms with Gasteiger partial charge >= 0.3 is 0 Å². The molecule has 0 saturated carbocycles. The van der Waals surface area contributed by atoms with E-state index in [1.54, 1.807) is 22.7 Å². The zero-order chi connectivity index (χ0) is 15.8. The molecule has 2 heterocycles. The minimum Gasteiger partial charge on any atom is -0.301 e. The van der Waals surface area contributed by atoms with Crippen molar-refractivity contribution in [3.8, 4) is 0 Å². The van der Waals surface area contributed by atoms with Gasteiger partial charge in [0.2, 0.25) is 0 Å². The summed E-state index contributed by atoms with van der Waals surface area (Å²) in [5.74, 6) is 0. The summed E-state index contributed by atoms with van der Waals surface area (Å²) in [6.45, 7) is 15.2. The van der Waals surface area contributed by atoms with Gasteiger partial charge in [0.1, 0.15) is 11.0 Å². The van der Waals surface area contributed by atoms with Crippen molar-refractivity contribution in [2.75, 3.05) is 0 Å². The molecule has 0 amide bonds. The molecule has 1 unspecified atom stereocenters. The van der Waals surface area contributed by atoms with Crippen LogP contribution in [0.5, 0.6) is 0 Å². The van der Waals surface area contributed by atoms with Crippen molar-refractivity contribution in [3.63, 3.8) is 0 Å². The van der Waals surface area contributed by atoms with Crippen molar-refractivity contribution in [3.05, 3.63) is 31.7 Å². The van der Waals surface area contributed by atoms with Crippen LogP contribution >= 0.6 is 22.7 Å². The Hall–Kier alpha value is -0.780. The number of nitrogens with zero attached hydrogens (tertiary/aromatic N) is 2. The first-order valence-electron chi connectivity index (χ1n) is 7.34. The fourth-order valence-corrected chi connectivity index (χ4v) is 3.93. The van der Waals surface area contributed by atoms with Crippen LogP contribution in [0.1, 0.15) is 66.9 Å². The number of rotatable bonds is 4. The Morgan fingerprint density at radius 1 is 1.14 bits per heavy atom. The second kappa shape index (κ2) is 6.15. The van der Waals surface area contributed by atoms with Gasteiger partial charge in [-0.15, -0.1) is 22.7 Å². The molecule has 116 valence electrons. The van der Waals surface area contributed by atoms with Crippen LogP contribution in [-0.4, -0.2) is 16.0 Å². The van der Waals surface area contributed by atoms with Gasteiger partial charge in [0.25, 0.3) is 0 Å². The lowest BCUT2D eigenvalue weighted by Crippen LogP contribution is -2.29. The van der Waals surface area contributed by atoms with Crippen LogP contribution in [0.3, 0.4) is 0 Å². The van der Waals surface area contributed by atoms with E-state index in [1.165, 1.54) is 9.88 Å². The molecule has 0 bridgehead atoms. The van der Waals surface area contributed by atoms with Crippen molar-refractivity contribution >= 4 is 22.7 Å². The minimum atomic E-state index is 0.0924. The van der Waals surface area contributed by atoms with Crippen LogP contribution in [0.4, 0.5) is 0 Å². The second-order valence-electron chi connectivity index (χ2n) is 6.78. The molecule has 1 N–H and O–H groups in total. The molecule has 0 aliphatic carbocycles. The zero-order valence-corrected chi connectivity index (χ0v) is 15.6. The number of aromatic nitrogens is 2. The van der Waals surface area contributed by atoms with Crippen LogP contribution in [-0.2, 0) is 5.41 Å². The van der Waals surface area contributed by atoms with Gasteiger partial charge in [-0.1, -0.05) is 20.8 Å². The summed E-state index contributed by atoms with van der Waals surface area (Å²) >= 11 is 3.51. The number of thiazole rings is 2. The Morgan fingerprint density at radius 3 is 2.24 bits per heavy atom. The summed E-state index contributed by atoms with van der Waals surface area (Å²) in [4.78, 5) is 10.9. The quantitative estimate of drug-likeness (QED) is 0.893. The van der Waals surface area contributed by atoms with Crippen molar-refractivity contribution in [1.82, 2.24) is 15.3 Å². The highest BCUT2D eigenvalue weighted by atomic mass is 32.1. The van der Waals surface area contributed by atoms with Gasteiger partial charge in [0.05, 0.1) is 16.4 Å². The van der Waals surface area contributed by atoms with E-state index in [9.17, 15) is 0 Å². The van der Waals surface area contributed by atoms with Gasteiger partial charge in [-0.2, -0.15) is 0 Å². The predicted octanol–water partition coefficient (Wildman–Crippen LogP) is 4.60. The van der Waals surface area contributed by atoms with Gasteiger partial charge in [-0.3, -0.25) is 0 Å². The fourth-order valence-electron chi connectivity index (χ4n) is 2.00. The lowest BCUT2D eigenvalue weighted by atomic mass is 9.98. The van der Waals surface area contributed by atoms with Crippen LogP contribution < -0.4 is 5.32 Å². The van der Waals surface area contributed by atoms with Gasteiger partial charge in [0, 0.05) is 21.7 Å². The monoisotopic (exact) mass is 323 g/mol. The lowest BCUT2D eigenvalue weighted by Gasteiger charge is -2.18. The highest BCUT2D eigenvalue weighted by Gasteiger charge is 2.25. The second-order valence-corrected chi connectivity index (χ2v) is 8.87. The first-order valence-corrected chi connectivity index (χ1v) is 9.04. The van der Waals surface area contributed by atoms with Crippen LogP contribution in [0.2, 0.25) is 0 Å². The molecule has 2 aromatic heterocycles. The van der Waals surface area contributed by atoms with E-state index in [2.05, 4.69) is 59.2 Å². The van der Waals surface area contributed by atoms with Crippen LogP contribution in [0.15, 0.2) is 5.38 Å². The molecule has 0 saturated heterocycles. The maximum absolute atomic E-state index is 4.87. The number of aryl methyl sites for hydroxylation is 2. The highest BCUT2D eigenvalue weighted by Crippen LogP contribution is 2.32. The van der Waals surface area contributed by atoms with Gasteiger partial charge in [-0.05, 0) is 27.7 Å². The summed E-state index contributed by atoms with van der Waals surface area (Å²) in [7, 11) is 0. The molecule has 0 fully saturated rings. The van der Waals surface area contributed by atoms with Crippen molar-refractivity contribution in [2.45, 2.75) is 66.0 Å². The largest absolute Gasteiger partial charge is 0.301 e. The highest BCUT2D eigenvalue weighted by molar-refractivity contribution is 7.12. The standard InChI is InChI=1S/C16H25N3S2/c1-9(2)17-13(14-18-10(3)11(4)21-14)12-8-20-15(19-12)16(5,6)7/h8-9,13,17H,1-7H3. The molecule has 2 rings (SSSR count). The Balaban J connectivity index is 2.38. The molecule has 5 heteroatoms. The van der Waals surface area contributed by atoms with Crippen molar-refractivity contribution in [2.24, 2.45) is 0 Å². The van der Waals surface area contributed by atoms with Gasteiger partial charge in [-0.25, -0.2) is 9.97 Å². The van der Waals surface area contributed by atoms with Crippen LogP contribution in [0.25, 0.3) is 0 Å². The Bertz CT molecular complexity index is 586. The third kappa shape index (κ3) is 3.90. The number of nitrogens with one attached hydrogen (secondary N) is 1. The molecular weight excluding hydrogens is 298 g/mol. The zero-order valence-electron chi connectivity index (χ0n) is 13.9. The SMILES string of the molecule is Cc1nc(C(NC(C)C)c2csc(C(C)(C)C)n2)sc1C. The molecule has 0 spiro atoms. The van der Waals surface area contributed by atoms with Crippen molar-refractivity contribution < 1.29 is 0 Å². The number of hydrogen-bond donors (Lipinski definition) is 1. The molecule has 3 nitrogen and oxygen atoms in total. The summed E-state index contributed by atoms with van der Waals surface area (Å²) in [6, 6.07) is 0.481. The Kier molecular flexibility index (Phi) is 4.85. The molecule has 0 aromatic carbocycles. The van der Waals surface area contributed by atoms with Crippen molar-refractivity contribution in [1.29, 1.82) is 0 Å². The van der Waals surface area contributed by atoms with E-state index < -0.39 is 0 Å². The Labute approximate surface area is 135 Å². The van der Waals surface area contributed by atoms with E-state index in [4.69, 9.17) is 9.97 Å². The predicted molar refractivity (Wildman–Crippen MR) is 92.5 cm³/mol. The lowest BCUT2D eigenvalue weighted by molar-refractivity contribution is 0.514. The van der Waals surface area contributed by atoms with E-state index in [0.717, 1.165) is 16.4 Å². The average molecular weight is 324 g/mol. The minimum absolute atomic E-state index is 0.0924. The third-order valence-corrected chi connectivity index (χ3v) is 5.68. The molecule has 1 atom stereocenters. The summed E-state index contributed by atoms with van der Waals surface area (Å²) < 4.78 is 0. The fraction of sp³-hybridized carbons (Fsp3) is 0.625. The molecular formula is C16H25N3S2. The van der Waals surface area contributed by atoms with Gasteiger partial charge < -0.3 is 5.32 Å².